The Morgan fingerprint density at radius 3 is 2.56 bits per heavy atom. The number of hydrogen-bond acceptors (Lipinski definition) is 3. The summed E-state index contributed by atoms with van der Waals surface area (Å²) < 4.78 is 77.9. The molecular formula is C28H32F5NO2. The first kappa shape index (κ1) is 26.6. The highest BCUT2D eigenvalue weighted by atomic mass is 19.3. The highest BCUT2D eigenvalue weighted by Crippen LogP contribution is 2.50. The summed E-state index contributed by atoms with van der Waals surface area (Å²) in [6, 6.07) is 8.48. The molecular weight excluding hydrogens is 477 g/mol. The molecule has 8 heteroatoms. The van der Waals surface area contributed by atoms with Crippen molar-refractivity contribution < 1.29 is 31.8 Å². The number of alkyl halides is 3. The summed E-state index contributed by atoms with van der Waals surface area (Å²) in [5, 5.41) is 9.25. The molecule has 0 fully saturated rings. The lowest BCUT2D eigenvalue weighted by molar-refractivity contribution is -0.0862. The van der Waals surface area contributed by atoms with Crippen LogP contribution in [0.3, 0.4) is 0 Å². The van der Waals surface area contributed by atoms with Crippen LogP contribution in [0, 0.1) is 11.6 Å². The Labute approximate surface area is 208 Å². The average molecular weight is 510 g/mol. The first-order valence-electron chi connectivity index (χ1n) is 12.5. The van der Waals surface area contributed by atoms with Crippen LogP contribution >= 0.6 is 0 Å². The predicted molar refractivity (Wildman–Crippen MR) is 129 cm³/mol. The second-order valence-electron chi connectivity index (χ2n) is 9.70. The van der Waals surface area contributed by atoms with Crippen LogP contribution in [0.5, 0.6) is 5.75 Å². The van der Waals surface area contributed by atoms with Gasteiger partial charge in [0.1, 0.15) is 12.4 Å². The van der Waals surface area contributed by atoms with Gasteiger partial charge in [0.2, 0.25) is 0 Å². The van der Waals surface area contributed by atoms with Crippen molar-refractivity contribution in [3.8, 4) is 5.75 Å². The Morgan fingerprint density at radius 2 is 1.81 bits per heavy atom. The van der Waals surface area contributed by atoms with Crippen LogP contribution in [0.2, 0.25) is 0 Å². The number of ether oxygens (including phenoxy) is 1. The molecule has 0 bridgehead atoms. The highest BCUT2D eigenvalue weighted by molar-refractivity contribution is 5.79. The number of aliphatic hydroxyl groups is 1. The van der Waals surface area contributed by atoms with Gasteiger partial charge in [0.15, 0.2) is 11.6 Å². The van der Waals surface area contributed by atoms with E-state index in [1.54, 1.807) is 6.92 Å². The van der Waals surface area contributed by atoms with E-state index in [0.717, 1.165) is 29.2 Å². The van der Waals surface area contributed by atoms with Gasteiger partial charge < -0.3 is 9.84 Å². The first-order valence-corrected chi connectivity index (χ1v) is 12.5. The minimum absolute atomic E-state index is 0.137. The molecule has 1 N–H and O–H groups in total. The molecule has 4 rings (SSSR count). The van der Waals surface area contributed by atoms with Crippen molar-refractivity contribution in [2.24, 2.45) is 0 Å². The number of aliphatic hydroxyl groups excluding tert-OH is 1. The van der Waals surface area contributed by atoms with Crippen molar-refractivity contribution in [3.05, 3.63) is 70.3 Å². The Hall–Kier alpha value is -2.45. The first-order chi connectivity index (χ1) is 17.3. The molecule has 36 heavy (non-hydrogen) atoms. The number of benzene rings is 2. The summed E-state index contributed by atoms with van der Waals surface area (Å²) >= 11 is 0. The maximum Gasteiger partial charge on any atom is 0.283 e. The van der Waals surface area contributed by atoms with Crippen LogP contribution in [0.1, 0.15) is 61.8 Å². The predicted octanol–water partition coefficient (Wildman–Crippen LogP) is 6.65. The van der Waals surface area contributed by atoms with Crippen LogP contribution in [-0.2, 0) is 6.42 Å². The Morgan fingerprint density at radius 1 is 1.06 bits per heavy atom. The van der Waals surface area contributed by atoms with Crippen LogP contribution in [-0.4, -0.2) is 48.4 Å². The molecule has 1 aliphatic carbocycles. The lowest BCUT2D eigenvalue weighted by Gasteiger charge is -2.43. The van der Waals surface area contributed by atoms with Crippen molar-refractivity contribution in [2.45, 2.75) is 63.5 Å². The van der Waals surface area contributed by atoms with E-state index in [4.69, 9.17) is 4.74 Å². The Bertz CT molecular complexity index is 1100. The number of nitrogens with zero attached hydrogens (tertiary/aromatic N) is 1. The van der Waals surface area contributed by atoms with Crippen LogP contribution in [0.25, 0.3) is 5.57 Å². The van der Waals surface area contributed by atoms with Gasteiger partial charge in [-0.3, -0.25) is 9.29 Å². The molecule has 1 aliphatic heterocycles. The normalized spacial score (nSPS) is 20.0. The number of rotatable bonds is 11. The molecule has 0 amide bonds. The van der Waals surface area contributed by atoms with Gasteiger partial charge in [0.25, 0.3) is 5.92 Å². The third-order valence-electron chi connectivity index (χ3n) is 7.13. The molecule has 0 radical (unpaired) electrons. The largest absolute Gasteiger partial charge is 0.491 e. The quantitative estimate of drug-likeness (QED) is 0.272. The molecule has 2 aliphatic rings. The van der Waals surface area contributed by atoms with Gasteiger partial charge in [0.05, 0.1) is 25.9 Å². The average Bonchev–Trinajstić information content (AvgIpc) is 3.22. The molecule has 2 atom stereocenters. The molecule has 0 unspecified atom stereocenters. The van der Waals surface area contributed by atoms with Gasteiger partial charge >= 0.3 is 0 Å². The van der Waals surface area contributed by atoms with Gasteiger partial charge in [-0.2, -0.15) is 0 Å². The highest BCUT2D eigenvalue weighted by Gasteiger charge is 2.45. The van der Waals surface area contributed by atoms with E-state index in [9.17, 15) is 18.3 Å². The summed E-state index contributed by atoms with van der Waals surface area (Å²) in [5.41, 5.74) is 3.30. The molecule has 0 saturated carbocycles. The molecule has 0 saturated heterocycles. The fraction of sp³-hybridized carbons (Fsp3) is 0.500. The van der Waals surface area contributed by atoms with Gasteiger partial charge in [-0.05, 0) is 73.4 Å². The zero-order valence-corrected chi connectivity index (χ0v) is 20.4. The van der Waals surface area contributed by atoms with Crippen molar-refractivity contribution in [1.29, 1.82) is 0 Å². The summed E-state index contributed by atoms with van der Waals surface area (Å²) in [7, 11) is 0. The molecule has 2 aromatic carbocycles. The number of fused-ring (bicyclic) bond motifs is 2. The maximum atomic E-state index is 15.8. The van der Waals surface area contributed by atoms with Crippen LogP contribution in [0.4, 0.5) is 22.0 Å². The summed E-state index contributed by atoms with van der Waals surface area (Å²) in [6.07, 6.45) is 3.33. The lowest BCUT2D eigenvalue weighted by Crippen LogP contribution is -2.48. The fourth-order valence-electron chi connectivity index (χ4n) is 5.37. The van der Waals surface area contributed by atoms with Crippen LogP contribution in [0.15, 0.2) is 42.0 Å². The van der Waals surface area contributed by atoms with E-state index in [0.29, 0.717) is 37.7 Å². The van der Waals surface area contributed by atoms with E-state index in [1.807, 2.05) is 24.3 Å². The minimum Gasteiger partial charge on any atom is -0.491 e. The Balaban J connectivity index is 1.71. The second kappa shape index (κ2) is 11.3. The van der Waals surface area contributed by atoms with E-state index in [1.165, 1.54) is 11.0 Å². The number of hydrogen-bond donors (Lipinski definition) is 1. The Kier molecular flexibility index (Phi) is 8.35. The molecule has 0 spiro atoms. The SMILES string of the molecule is C[C@@H]1CC2=C(Cc3ccccc32)[C@@H](c2c(F)ccc(OCCCCCCF)c2F)N1CC(F)(F)CO. The van der Waals surface area contributed by atoms with Crippen molar-refractivity contribution in [2.75, 3.05) is 26.4 Å². The lowest BCUT2D eigenvalue weighted by atomic mass is 9.84. The van der Waals surface area contributed by atoms with Crippen molar-refractivity contribution in [1.82, 2.24) is 4.90 Å². The van der Waals surface area contributed by atoms with Gasteiger partial charge in [-0.25, -0.2) is 17.6 Å². The van der Waals surface area contributed by atoms with Gasteiger partial charge in [-0.1, -0.05) is 30.7 Å². The fourth-order valence-corrected chi connectivity index (χ4v) is 5.37. The summed E-state index contributed by atoms with van der Waals surface area (Å²) in [6.45, 7) is -0.628. The van der Waals surface area contributed by atoms with E-state index in [-0.39, 0.29) is 24.6 Å². The van der Waals surface area contributed by atoms with E-state index in [2.05, 4.69) is 0 Å². The van der Waals surface area contributed by atoms with Crippen molar-refractivity contribution in [3.63, 3.8) is 0 Å². The molecule has 2 aromatic rings. The second-order valence-corrected chi connectivity index (χ2v) is 9.70. The third kappa shape index (κ3) is 5.44. The standard InChI is InChI=1S/C28H32F5NO2/c1-18-14-21-20-9-5-4-8-19(20)15-22(21)27(34(18)16-28(32,33)17-35)25-23(30)10-11-24(26(25)31)36-13-7-3-2-6-12-29/h4-5,8-11,18,27,35H,2-3,6-7,12-17H2,1H3/t18-,27+/m1/s1. The third-order valence-corrected chi connectivity index (χ3v) is 7.13. The van der Waals surface area contributed by atoms with E-state index >= 15 is 8.78 Å². The monoisotopic (exact) mass is 509 g/mol. The molecule has 1 heterocycles. The molecule has 196 valence electrons. The minimum atomic E-state index is -3.43. The maximum absolute atomic E-state index is 15.8. The zero-order chi connectivity index (χ0) is 25.9. The molecule has 3 nitrogen and oxygen atoms in total. The number of unbranched alkanes of at least 4 members (excludes halogenated alkanes) is 3. The van der Waals surface area contributed by atoms with Crippen molar-refractivity contribution >= 4 is 5.57 Å². The van der Waals surface area contributed by atoms with Gasteiger partial charge in [-0.15, -0.1) is 0 Å². The van der Waals surface area contributed by atoms with E-state index < -0.39 is 42.8 Å². The topological polar surface area (TPSA) is 32.7 Å². The zero-order valence-electron chi connectivity index (χ0n) is 20.4. The summed E-state index contributed by atoms with van der Waals surface area (Å²) in [4.78, 5) is 1.41. The molecule has 0 aromatic heterocycles. The van der Waals surface area contributed by atoms with Crippen LogP contribution < -0.4 is 4.74 Å². The number of halogens is 5. The smallest absolute Gasteiger partial charge is 0.283 e. The van der Waals surface area contributed by atoms with Gasteiger partial charge in [0, 0.05) is 11.6 Å². The summed E-state index contributed by atoms with van der Waals surface area (Å²) in [5.74, 6) is -5.31.